The van der Waals surface area contributed by atoms with Crippen LogP contribution >= 0.6 is 22.9 Å². The Morgan fingerprint density at radius 1 is 1.54 bits per heavy atom. The molecule has 0 aromatic carbocycles. The summed E-state index contributed by atoms with van der Waals surface area (Å²) < 4.78 is 6.01. The van der Waals surface area contributed by atoms with Crippen LogP contribution in [0.15, 0.2) is 12.1 Å². The SMILES string of the molecule is OCCC1(c2ccc(Cl)s2)COC1. The lowest BCUT2D eigenvalue weighted by molar-refractivity contribution is -0.0682. The zero-order valence-corrected chi connectivity index (χ0v) is 8.70. The Balaban J connectivity index is 2.21. The number of hydrogen-bond acceptors (Lipinski definition) is 3. The van der Waals surface area contributed by atoms with Crippen LogP contribution in [0.2, 0.25) is 4.34 Å². The highest BCUT2D eigenvalue weighted by Crippen LogP contribution is 2.40. The van der Waals surface area contributed by atoms with Gasteiger partial charge in [0.2, 0.25) is 0 Å². The van der Waals surface area contributed by atoms with Crippen molar-refractivity contribution in [1.29, 1.82) is 0 Å². The van der Waals surface area contributed by atoms with Crippen LogP contribution in [0.1, 0.15) is 11.3 Å². The van der Waals surface area contributed by atoms with E-state index >= 15 is 0 Å². The second kappa shape index (κ2) is 3.58. The molecule has 0 bridgehead atoms. The van der Waals surface area contributed by atoms with E-state index in [1.54, 1.807) is 11.3 Å². The van der Waals surface area contributed by atoms with Crippen molar-refractivity contribution in [3.63, 3.8) is 0 Å². The summed E-state index contributed by atoms with van der Waals surface area (Å²) in [5.74, 6) is 0. The van der Waals surface area contributed by atoms with Gasteiger partial charge in [0.25, 0.3) is 0 Å². The summed E-state index contributed by atoms with van der Waals surface area (Å²) in [7, 11) is 0. The topological polar surface area (TPSA) is 29.5 Å². The van der Waals surface area contributed by atoms with Gasteiger partial charge >= 0.3 is 0 Å². The van der Waals surface area contributed by atoms with Crippen LogP contribution in [-0.4, -0.2) is 24.9 Å². The lowest BCUT2D eigenvalue weighted by Crippen LogP contribution is -2.46. The first-order valence-corrected chi connectivity index (χ1v) is 5.41. The van der Waals surface area contributed by atoms with E-state index in [1.165, 1.54) is 4.88 Å². The van der Waals surface area contributed by atoms with E-state index in [4.69, 9.17) is 21.4 Å². The summed E-state index contributed by atoms with van der Waals surface area (Å²) in [4.78, 5) is 1.23. The fourth-order valence-electron chi connectivity index (χ4n) is 1.57. The molecule has 0 spiro atoms. The molecule has 4 heteroatoms. The van der Waals surface area contributed by atoms with Gasteiger partial charge in [-0.1, -0.05) is 11.6 Å². The van der Waals surface area contributed by atoms with E-state index in [1.807, 2.05) is 12.1 Å². The molecule has 0 saturated carbocycles. The first-order valence-electron chi connectivity index (χ1n) is 4.21. The van der Waals surface area contributed by atoms with Crippen molar-refractivity contribution in [1.82, 2.24) is 0 Å². The normalized spacial score (nSPS) is 19.8. The van der Waals surface area contributed by atoms with Gasteiger partial charge in [0.15, 0.2) is 0 Å². The molecule has 1 aliphatic heterocycles. The van der Waals surface area contributed by atoms with E-state index < -0.39 is 0 Å². The molecule has 13 heavy (non-hydrogen) atoms. The highest BCUT2D eigenvalue weighted by Gasteiger charge is 2.40. The van der Waals surface area contributed by atoms with Crippen LogP contribution < -0.4 is 0 Å². The van der Waals surface area contributed by atoms with Crippen LogP contribution in [0.5, 0.6) is 0 Å². The van der Waals surface area contributed by atoms with Crippen molar-refractivity contribution in [2.45, 2.75) is 11.8 Å². The fraction of sp³-hybridized carbons (Fsp3) is 0.556. The largest absolute Gasteiger partial charge is 0.396 e. The average Bonchev–Trinajstić information content (AvgIpc) is 2.44. The maximum absolute atomic E-state index is 8.95. The number of aliphatic hydroxyl groups excluding tert-OH is 1. The molecule has 0 unspecified atom stereocenters. The van der Waals surface area contributed by atoms with Crippen LogP contribution in [0.3, 0.4) is 0 Å². The molecule has 2 nitrogen and oxygen atoms in total. The minimum atomic E-state index is 0.0482. The zero-order chi connectivity index (χ0) is 9.31. The molecular weight excluding hydrogens is 208 g/mol. The standard InChI is InChI=1S/C9H11ClO2S/c10-8-2-1-7(13-8)9(3-4-11)5-12-6-9/h1-2,11H,3-6H2. The Morgan fingerprint density at radius 3 is 2.69 bits per heavy atom. The number of ether oxygens (including phenoxy) is 1. The number of halogens is 1. The molecule has 1 saturated heterocycles. The maximum atomic E-state index is 8.95. The van der Waals surface area contributed by atoms with Crippen molar-refractivity contribution in [2.75, 3.05) is 19.8 Å². The van der Waals surface area contributed by atoms with Gasteiger partial charge in [-0.2, -0.15) is 0 Å². The second-order valence-corrected chi connectivity index (χ2v) is 5.07. The Morgan fingerprint density at radius 2 is 2.31 bits per heavy atom. The first-order chi connectivity index (χ1) is 6.27. The molecule has 1 aliphatic rings. The van der Waals surface area contributed by atoms with Gasteiger partial charge in [-0.3, -0.25) is 0 Å². The van der Waals surface area contributed by atoms with Crippen LogP contribution in [0, 0.1) is 0 Å². The van der Waals surface area contributed by atoms with Gasteiger partial charge in [-0.05, 0) is 18.6 Å². The third-order valence-electron chi connectivity index (χ3n) is 2.44. The lowest BCUT2D eigenvalue weighted by atomic mass is 9.81. The van der Waals surface area contributed by atoms with E-state index in [0.29, 0.717) is 13.2 Å². The molecule has 1 aromatic rings. The van der Waals surface area contributed by atoms with Crippen molar-refractivity contribution < 1.29 is 9.84 Å². The van der Waals surface area contributed by atoms with Gasteiger partial charge in [-0.25, -0.2) is 0 Å². The minimum absolute atomic E-state index is 0.0482. The summed E-state index contributed by atoms with van der Waals surface area (Å²) >= 11 is 7.45. The molecule has 0 aliphatic carbocycles. The highest BCUT2D eigenvalue weighted by atomic mass is 35.5. The first kappa shape index (κ1) is 9.46. The molecule has 2 heterocycles. The predicted octanol–water partition coefficient (Wildman–Crippen LogP) is 2.05. The highest BCUT2D eigenvalue weighted by molar-refractivity contribution is 7.16. The molecule has 2 rings (SSSR count). The van der Waals surface area contributed by atoms with E-state index in [2.05, 4.69) is 0 Å². The number of hydrogen-bond donors (Lipinski definition) is 1. The van der Waals surface area contributed by atoms with Crippen LogP contribution in [0.4, 0.5) is 0 Å². The Hall–Kier alpha value is -0.0900. The van der Waals surface area contributed by atoms with E-state index in [0.717, 1.165) is 10.8 Å². The molecule has 1 fully saturated rings. The van der Waals surface area contributed by atoms with Crippen LogP contribution in [-0.2, 0) is 10.2 Å². The Labute approximate surface area is 86.1 Å². The van der Waals surface area contributed by atoms with Crippen molar-refractivity contribution in [3.8, 4) is 0 Å². The van der Waals surface area contributed by atoms with E-state index in [9.17, 15) is 0 Å². The van der Waals surface area contributed by atoms with E-state index in [-0.39, 0.29) is 12.0 Å². The monoisotopic (exact) mass is 218 g/mol. The number of aliphatic hydroxyl groups is 1. The molecular formula is C9H11ClO2S. The molecule has 1 aromatic heterocycles. The summed E-state index contributed by atoms with van der Waals surface area (Å²) in [6, 6.07) is 3.93. The third kappa shape index (κ3) is 1.62. The second-order valence-electron chi connectivity index (χ2n) is 3.35. The molecule has 1 N–H and O–H groups in total. The maximum Gasteiger partial charge on any atom is 0.0931 e. The van der Waals surface area contributed by atoms with Gasteiger partial charge in [-0.15, -0.1) is 11.3 Å². The van der Waals surface area contributed by atoms with Crippen LogP contribution in [0.25, 0.3) is 0 Å². The molecule has 0 atom stereocenters. The van der Waals surface area contributed by atoms with Crippen molar-refractivity contribution >= 4 is 22.9 Å². The minimum Gasteiger partial charge on any atom is -0.396 e. The fourth-order valence-corrected chi connectivity index (χ4v) is 2.80. The summed E-state index contributed by atoms with van der Waals surface area (Å²) in [5, 5.41) is 8.95. The van der Waals surface area contributed by atoms with Gasteiger partial charge in [0.05, 0.1) is 23.0 Å². The molecule has 0 amide bonds. The number of thiophene rings is 1. The smallest absolute Gasteiger partial charge is 0.0931 e. The summed E-state index contributed by atoms with van der Waals surface area (Å²) in [6.07, 6.45) is 0.768. The van der Waals surface area contributed by atoms with Gasteiger partial charge in [0, 0.05) is 11.5 Å². The lowest BCUT2D eigenvalue weighted by Gasteiger charge is -2.40. The summed E-state index contributed by atoms with van der Waals surface area (Å²) in [6.45, 7) is 1.63. The predicted molar refractivity (Wildman–Crippen MR) is 53.5 cm³/mol. The molecule has 72 valence electrons. The quantitative estimate of drug-likeness (QED) is 0.842. The third-order valence-corrected chi connectivity index (χ3v) is 3.92. The van der Waals surface area contributed by atoms with Gasteiger partial charge in [0.1, 0.15) is 0 Å². The Kier molecular flexibility index (Phi) is 2.60. The number of rotatable bonds is 3. The molecule has 0 radical (unpaired) electrons. The zero-order valence-electron chi connectivity index (χ0n) is 7.12. The summed E-state index contributed by atoms with van der Waals surface area (Å²) in [5.41, 5.74) is 0.0482. The Bertz CT molecular complexity index is 294. The van der Waals surface area contributed by atoms with Crippen molar-refractivity contribution in [2.24, 2.45) is 0 Å². The average molecular weight is 219 g/mol. The van der Waals surface area contributed by atoms with Gasteiger partial charge < -0.3 is 9.84 Å². The van der Waals surface area contributed by atoms with Crippen molar-refractivity contribution in [3.05, 3.63) is 21.3 Å².